The molecule has 0 aromatic heterocycles. The highest BCUT2D eigenvalue weighted by atomic mass is 32.2. The number of benzene rings is 1. The molecular weight excluding hydrogens is 282 g/mol. The van der Waals surface area contributed by atoms with Crippen molar-refractivity contribution < 1.29 is 8.78 Å². The van der Waals surface area contributed by atoms with Crippen molar-refractivity contribution in [2.45, 2.75) is 23.6 Å². The molecule has 1 aromatic rings. The number of nitrogens with two attached hydrogens (primary N) is 3. The van der Waals surface area contributed by atoms with Crippen LogP contribution >= 0.6 is 11.8 Å². The molecule has 7 heteroatoms. The number of amidine groups is 1. The fraction of sp³-hybridized carbons (Fsp3) is 0.462. The van der Waals surface area contributed by atoms with Crippen molar-refractivity contribution in [3.05, 3.63) is 29.3 Å². The number of thioether (sulfide) groups is 1. The Labute approximate surface area is 119 Å². The monoisotopic (exact) mass is 298 g/mol. The average Bonchev–Trinajstić information content (AvgIpc) is 3.09. The molecule has 108 valence electrons. The zero-order valence-corrected chi connectivity index (χ0v) is 11.8. The van der Waals surface area contributed by atoms with Gasteiger partial charge in [0, 0.05) is 28.5 Å². The van der Waals surface area contributed by atoms with Gasteiger partial charge in [-0.1, -0.05) is 11.8 Å². The van der Waals surface area contributed by atoms with Gasteiger partial charge in [-0.15, -0.1) is 0 Å². The van der Waals surface area contributed by atoms with E-state index < -0.39 is 17.2 Å². The lowest BCUT2D eigenvalue weighted by Gasteiger charge is -2.34. The first-order chi connectivity index (χ1) is 9.32. The van der Waals surface area contributed by atoms with Crippen molar-refractivity contribution in [3.63, 3.8) is 0 Å². The minimum Gasteiger partial charge on any atom is -0.399 e. The summed E-state index contributed by atoms with van der Waals surface area (Å²) in [6, 6.07) is 2.40. The molecule has 3 atom stereocenters. The van der Waals surface area contributed by atoms with Gasteiger partial charge in [0.1, 0.15) is 0 Å². The first-order valence-corrected chi connectivity index (χ1v) is 7.13. The summed E-state index contributed by atoms with van der Waals surface area (Å²) in [5.41, 5.74) is 16.7. The predicted octanol–water partition coefficient (Wildman–Crippen LogP) is 1.54. The van der Waals surface area contributed by atoms with Gasteiger partial charge < -0.3 is 17.2 Å². The highest BCUT2D eigenvalue weighted by Crippen LogP contribution is 2.65. The largest absolute Gasteiger partial charge is 0.399 e. The maximum Gasteiger partial charge on any atom is 0.164 e. The van der Waals surface area contributed by atoms with Crippen LogP contribution < -0.4 is 17.2 Å². The van der Waals surface area contributed by atoms with Crippen LogP contribution in [0, 0.1) is 17.6 Å². The Morgan fingerprint density at radius 1 is 1.40 bits per heavy atom. The van der Waals surface area contributed by atoms with Crippen LogP contribution in [0.25, 0.3) is 0 Å². The molecule has 6 N–H and O–H groups in total. The van der Waals surface area contributed by atoms with Crippen LogP contribution in [0.2, 0.25) is 0 Å². The molecule has 2 aliphatic rings. The predicted molar refractivity (Wildman–Crippen MR) is 77.2 cm³/mol. The molecule has 1 aliphatic heterocycles. The number of rotatable bonds is 2. The summed E-state index contributed by atoms with van der Waals surface area (Å²) in [5, 5.41) is 0.355. The number of hydrogen-bond acceptors (Lipinski definition) is 5. The van der Waals surface area contributed by atoms with Gasteiger partial charge in [0.15, 0.2) is 16.8 Å². The standard InChI is InChI=1S/C13H16F2N4S/c1-12(7-2-6(17)3-8(14)10(7)15)9-4-13(9,5-16)20-11(18)19-12/h2-3,9H,4-5,16-17H2,1H3,(H2,18,19)/t9?,12-,13-/m1/s1. The third kappa shape index (κ3) is 1.73. The zero-order chi connectivity index (χ0) is 14.7. The molecular formula is C13H16F2N4S. The minimum absolute atomic E-state index is 0.0352. The molecule has 1 saturated carbocycles. The maximum absolute atomic E-state index is 14.2. The Morgan fingerprint density at radius 3 is 2.75 bits per heavy atom. The van der Waals surface area contributed by atoms with Crippen molar-refractivity contribution >= 4 is 22.6 Å². The normalized spacial score (nSPS) is 35.4. The highest BCUT2D eigenvalue weighted by molar-refractivity contribution is 8.15. The Kier molecular flexibility index (Phi) is 2.78. The van der Waals surface area contributed by atoms with Crippen molar-refractivity contribution in [3.8, 4) is 0 Å². The van der Waals surface area contributed by atoms with Crippen LogP contribution in [0.15, 0.2) is 17.1 Å². The second kappa shape index (κ2) is 4.08. The molecule has 1 heterocycles. The molecule has 1 unspecified atom stereocenters. The number of aliphatic imine (C=N–C) groups is 1. The van der Waals surface area contributed by atoms with Crippen molar-refractivity contribution in [1.29, 1.82) is 0 Å². The van der Waals surface area contributed by atoms with E-state index in [1.54, 1.807) is 6.92 Å². The molecule has 20 heavy (non-hydrogen) atoms. The quantitative estimate of drug-likeness (QED) is 0.722. The Hall–Kier alpha value is -1.34. The number of anilines is 1. The van der Waals surface area contributed by atoms with Crippen LogP contribution in [0.1, 0.15) is 18.9 Å². The summed E-state index contributed by atoms with van der Waals surface area (Å²) in [6.45, 7) is 2.19. The first-order valence-electron chi connectivity index (χ1n) is 6.32. The number of fused-ring (bicyclic) bond motifs is 1. The molecule has 4 nitrogen and oxygen atoms in total. The van der Waals surface area contributed by atoms with Crippen molar-refractivity contribution in [1.82, 2.24) is 0 Å². The molecule has 3 rings (SSSR count). The number of nitrogens with zero attached hydrogens (tertiary/aromatic N) is 1. The van der Waals surface area contributed by atoms with Crippen LogP contribution in [-0.2, 0) is 5.54 Å². The molecule has 0 bridgehead atoms. The fourth-order valence-corrected chi connectivity index (χ4v) is 4.50. The van der Waals surface area contributed by atoms with E-state index in [1.165, 1.54) is 17.8 Å². The van der Waals surface area contributed by atoms with Gasteiger partial charge in [-0.2, -0.15) is 0 Å². The Balaban J connectivity index is 2.16. The smallest absolute Gasteiger partial charge is 0.164 e. The van der Waals surface area contributed by atoms with E-state index in [1.807, 2.05) is 0 Å². The SMILES string of the molecule is C[C@]1(c2cc(N)cc(F)c2F)N=C(N)S[C@@]2(CN)CC21. The van der Waals surface area contributed by atoms with Gasteiger partial charge in [0.2, 0.25) is 0 Å². The van der Waals surface area contributed by atoms with Crippen LogP contribution in [0.5, 0.6) is 0 Å². The van der Waals surface area contributed by atoms with Crippen molar-refractivity contribution in [2.75, 3.05) is 12.3 Å². The summed E-state index contributed by atoms with van der Waals surface area (Å²) >= 11 is 1.43. The minimum atomic E-state index is -0.966. The summed E-state index contributed by atoms with van der Waals surface area (Å²) in [6.07, 6.45) is 0.782. The van der Waals surface area contributed by atoms with Gasteiger partial charge in [-0.25, -0.2) is 8.78 Å². The van der Waals surface area contributed by atoms with Crippen molar-refractivity contribution in [2.24, 2.45) is 22.4 Å². The van der Waals surface area contributed by atoms with Gasteiger partial charge in [0.25, 0.3) is 0 Å². The lowest BCUT2D eigenvalue weighted by Crippen LogP contribution is -2.39. The van der Waals surface area contributed by atoms with Crippen LogP contribution in [0.4, 0.5) is 14.5 Å². The van der Waals surface area contributed by atoms with Gasteiger partial charge in [0.05, 0.1) is 5.54 Å². The van der Waals surface area contributed by atoms with E-state index in [9.17, 15) is 8.78 Å². The summed E-state index contributed by atoms with van der Waals surface area (Å²) in [5.74, 6) is -1.84. The van der Waals surface area contributed by atoms with E-state index in [2.05, 4.69) is 4.99 Å². The van der Waals surface area contributed by atoms with Gasteiger partial charge in [-0.05, 0) is 25.5 Å². The lowest BCUT2D eigenvalue weighted by atomic mass is 9.85. The molecule has 0 saturated heterocycles. The molecule has 1 aromatic carbocycles. The van der Waals surface area contributed by atoms with Crippen LogP contribution in [-0.4, -0.2) is 16.5 Å². The zero-order valence-electron chi connectivity index (χ0n) is 11.0. The van der Waals surface area contributed by atoms with E-state index in [0.717, 1.165) is 12.5 Å². The number of halogens is 2. The second-order valence-corrected chi connectivity index (χ2v) is 7.02. The summed E-state index contributed by atoms with van der Waals surface area (Å²) < 4.78 is 27.6. The summed E-state index contributed by atoms with van der Waals surface area (Å²) in [4.78, 5) is 4.38. The van der Waals surface area contributed by atoms with Crippen LogP contribution in [0.3, 0.4) is 0 Å². The number of hydrogen-bond donors (Lipinski definition) is 3. The van der Waals surface area contributed by atoms with Gasteiger partial charge in [-0.3, -0.25) is 4.99 Å². The van der Waals surface area contributed by atoms with E-state index >= 15 is 0 Å². The molecule has 0 amide bonds. The topological polar surface area (TPSA) is 90.4 Å². The Bertz CT molecular complexity index is 621. The third-order valence-corrected chi connectivity index (χ3v) is 5.62. The lowest BCUT2D eigenvalue weighted by molar-refractivity contribution is 0.380. The number of nitrogen functional groups attached to an aromatic ring is 1. The highest BCUT2D eigenvalue weighted by Gasteiger charge is 2.65. The molecule has 0 spiro atoms. The molecule has 0 radical (unpaired) electrons. The summed E-state index contributed by atoms with van der Waals surface area (Å²) in [7, 11) is 0. The third-order valence-electron chi connectivity index (χ3n) is 4.29. The van der Waals surface area contributed by atoms with E-state index in [-0.39, 0.29) is 21.9 Å². The Morgan fingerprint density at radius 2 is 2.10 bits per heavy atom. The molecule has 1 fully saturated rings. The maximum atomic E-state index is 14.2. The van der Waals surface area contributed by atoms with E-state index in [4.69, 9.17) is 17.2 Å². The van der Waals surface area contributed by atoms with Gasteiger partial charge >= 0.3 is 0 Å². The first kappa shape index (κ1) is 13.6. The van der Waals surface area contributed by atoms with E-state index in [0.29, 0.717) is 11.7 Å². The molecule has 1 aliphatic carbocycles. The average molecular weight is 298 g/mol. The second-order valence-electron chi connectivity index (χ2n) is 5.59. The fourth-order valence-electron chi connectivity index (χ4n) is 3.14.